The highest BCUT2D eigenvalue weighted by molar-refractivity contribution is 7.09. The van der Waals surface area contributed by atoms with E-state index in [0.717, 1.165) is 5.92 Å². The Labute approximate surface area is 96.1 Å². The van der Waals surface area contributed by atoms with E-state index in [2.05, 4.69) is 29.7 Å². The van der Waals surface area contributed by atoms with Crippen molar-refractivity contribution in [1.82, 2.24) is 10.3 Å². The third-order valence-electron chi connectivity index (χ3n) is 3.39. The number of thiazole rings is 1. The third kappa shape index (κ3) is 2.58. The third-order valence-corrected chi connectivity index (χ3v) is 4.18. The molecular formula is C12H20N2S. The van der Waals surface area contributed by atoms with Crippen molar-refractivity contribution in [2.75, 3.05) is 7.05 Å². The predicted molar refractivity (Wildman–Crippen MR) is 65.2 cm³/mol. The molecule has 0 bridgehead atoms. The van der Waals surface area contributed by atoms with Gasteiger partial charge in [0.25, 0.3) is 0 Å². The summed E-state index contributed by atoms with van der Waals surface area (Å²) in [5, 5.41) is 6.84. The molecule has 1 heterocycles. The monoisotopic (exact) mass is 224 g/mol. The Kier molecular flexibility index (Phi) is 3.76. The van der Waals surface area contributed by atoms with E-state index >= 15 is 0 Å². The first-order valence-electron chi connectivity index (χ1n) is 5.90. The first kappa shape index (κ1) is 11.1. The molecule has 1 saturated carbocycles. The van der Waals surface area contributed by atoms with Crippen molar-refractivity contribution in [3.8, 4) is 0 Å². The average Bonchev–Trinajstić information content (AvgIpc) is 2.68. The van der Waals surface area contributed by atoms with Gasteiger partial charge in [-0.15, -0.1) is 11.3 Å². The molecule has 0 amide bonds. The van der Waals surface area contributed by atoms with E-state index in [1.807, 2.05) is 0 Å². The molecule has 15 heavy (non-hydrogen) atoms. The van der Waals surface area contributed by atoms with Gasteiger partial charge in [0, 0.05) is 5.38 Å². The summed E-state index contributed by atoms with van der Waals surface area (Å²) < 4.78 is 0. The fraction of sp³-hybridized carbons (Fsp3) is 0.750. The number of aromatic nitrogens is 1. The Morgan fingerprint density at radius 2 is 2.13 bits per heavy atom. The van der Waals surface area contributed by atoms with Crippen LogP contribution in [0.15, 0.2) is 5.38 Å². The van der Waals surface area contributed by atoms with Gasteiger partial charge in [-0.2, -0.15) is 0 Å². The van der Waals surface area contributed by atoms with Crippen LogP contribution in [-0.4, -0.2) is 12.0 Å². The molecule has 1 N–H and O–H groups in total. The van der Waals surface area contributed by atoms with Gasteiger partial charge in [-0.25, -0.2) is 4.98 Å². The van der Waals surface area contributed by atoms with Crippen LogP contribution in [-0.2, 0) is 0 Å². The van der Waals surface area contributed by atoms with E-state index in [9.17, 15) is 0 Å². The number of rotatable bonds is 3. The molecule has 0 aromatic carbocycles. The van der Waals surface area contributed by atoms with Crippen LogP contribution in [0.25, 0.3) is 0 Å². The van der Waals surface area contributed by atoms with Crippen molar-refractivity contribution < 1.29 is 0 Å². The summed E-state index contributed by atoms with van der Waals surface area (Å²) in [4.78, 5) is 4.61. The van der Waals surface area contributed by atoms with Gasteiger partial charge < -0.3 is 5.32 Å². The molecule has 2 rings (SSSR count). The molecule has 0 spiro atoms. The van der Waals surface area contributed by atoms with Gasteiger partial charge in [-0.1, -0.05) is 19.3 Å². The summed E-state index contributed by atoms with van der Waals surface area (Å²) in [6.07, 6.45) is 6.94. The highest BCUT2D eigenvalue weighted by atomic mass is 32.1. The summed E-state index contributed by atoms with van der Waals surface area (Å²) in [5.74, 6) is 0.797. The maximum atomic E-state index is 4.61. The van der Waals surface area contributed by atoms with Gasteiger partial charge in [0.05, 0.1) is 16.7 Å². The lowest BCUT2D eigenvalue weighted by Gasteiger charge is -2.28. The molecule has 1 aliphatic rings. The second-order valence-electron chi connectivity index (χ2n) is 4.46. The maximum Gasteiger partial charge on any atom is 0.0898 e. The van der Waals surface area contributed by atoms with Crippen molar-refractivity contribution in [3.05, 3.63) is 16.1 Å². The zero-order valence-corrected chi connectivity index (χ0v) is 10.4. The molecule has 3 heteroatoms. The van der Waals surface area contributed by atoms with Gasteiger partial charge in [0.2, 0.25) is 0 Å². The molecular weight excluding hydrogens is 204 g/mol. The zero-order chi connectivity index (χ0) is 10.7. The Morgan fingerprint density at radius 3 is 2.67 bits per heavy atom. The van der Waals surface area contributed by atoms with Crippen molar-refractivity contribution >= 4 is 11.3 Å². The minimum absolute atomic E-state index is 0.482. The van der Waals surface area contributed by atoms with Crippen LogP contribution in [0.3, 0.4) is 0 Å². The SMILES string of the molecule is CNC(c1csc(C)n1)C1CCCCC1. The normalized spacial score (nSPS) is 20.4. The van der Waals surface area contributed by atoms with Crippen molar-refractivity contribution in [2.45, 2.75) is 45.1 Å². The molecule has 0 aliphatic heterocycles. The molecule has 1 unspecified atom stereocenters. The van der Waals surface area contributed by atoms with Crippen molar-refractivity contribution in [2.24, 2.45) is 5.92 Å². The van der Waals surface area contributed by atoms with Gasteiger partial charge in [-0.05, 0) is 32.7 Å². The minimum Gasteiger partial charge on any atom is -0.311 e. The molecule has 0 radical (unpaired) electrons. The number of hydrogen-bond acceptors (Lipinski definition) is 3. The molecule has 1 aromatic heterocycles. The van der Waals surface area contributed by atoms with Gasteiger partial charge in [0.15, 0.2) is 0 Å². The van der Waals surface area contributed by atoms with Gasteiger partial charge in [0.1, 0.15) is 0 Å². The Balaban J connectivity index is 2.08. The second kappa shape index (κ2) is 5.08. The lowest BCUT2D eigenvalue weighted by molar-refractivity contribution is 0.278. The number of hydrogen-bond donors (Lipinski definition) is 1. The largest absolute Gasteiger partial charge is 0.311 e. The van der Waals surface area contributed by atoms with Crippen LogP contribution < -0.4 is 5.32 Å². The van der Waals surface area contributed by atoms with E-state index in [4.69, 9.17) is 0 Å². The van der Waals surface area contributed by atoms with E-state index in [1.54, 1.807) is 11.3 Å². The first-order valence-corrected chi connectivity index (χ1v) is 6.78. The quantitative estimate of drug-likeness (QED) is 0.852. The molecule has 84 valence electrons. The minimum atomic E-state index is 0.482. The van der Waals surface area contributed by atoms with E-state index in [0.29, 0.717) is 6.04 Å². The topological polar surface area (TPSA) is 24.9 Å². The second-order valence-corrected chi connectivity index (χ2v) is 5.52. The summed E-state index contributed by atoms with van der Waals surface area (Å²) in [6, 6.07) is 0.482. The Morgan fingerprint density at radius 1 is 1.40 bits per heavy atom. The summed E-state index contributed by atoms with van der Waals surface area (Å²) >= 11 is 1.76. The number of nitrogens with one attached hydrogen (secondary N) is 1. The average molecular weight is 224 g/mol. The molecule has 1 aliphatic carbocycles. The lowest BCUT2D eigenvalue weighted by atomic mass is 9.83. The molecule has 0 saturated heterocycles. The molecule has 1 fully saturated rings. The van der Waals surface area contributed by atoms with E-state index in [1.165, 1.54) is 42.8 Å². The van der Waals surface area contributed by atoms with Crippen LogP contribution in [0, 0.1) is 12.8 Å². The van der Waals surface area contributed by atoms with E-state index < -0.39 is 0 Å². The maximum absolute atomic E-state index is 4.61. The highest BCUT2D eigenvalue weighted by Crippen LogP contribution is 2.34. The zero-order valence-electron chi connectivity index (χ0n) is 9.62. The van der Waals surface area contributed by atoms with Crippen LogP contribution in [0.1, 0.15) is 48.8 Å². The summed E-state index contributed by atoms with van der Waals surface area (Å²) in [7, 11) is 2.06. The fourth-order valence-electron chi connectivity index (χ4n) is 2.62. The molecule has 1 atom stereocenters. The fourth-order valence-corrected chi connectivity index (χ4v) is 3.26. The number of nitrogens with zero attached hydrogens (tertiary/aromatic N) is 1. The van der Waals surface area contributed by atoms with Crippen LogP contribution in [0.5, 0.6) is 0 Å². The van der Waals surface area contributed by atoms with Crippen LogP contribution >= 0.6 is 11.3 Å². The number of aryl methyl sites for hydroxylation is 1. The molecule has 2 nitrogen and oxygen atoms in total. The Hall–Kier alpha value is -0.410. The standard InChI is InChI=1S/C12H20N2S/c1-9-14-11(8-15-9)12(13-2)10-6-4-3-5-7-10/h8,10,12-13H,3-7H2,1-2H3. The van der Waals surface area contributed by atoms with Crippen molar-refractivity contribution in [1.29, 1.82) is 0 Å². The summed E-state index contributed by atoms with van der Waals surface area (Å²) in [5.41, 5.74) is 1.26. The smallest absolute Gasteiger partial charge is 0.0898 e. The highest BCUT2D eigenvalue weighted by Gasteiger charge is 2.25. The predicted octanol–water partition coefficient (Wildman–Crippen LogP) is 3.29. The van der Waals surface area contributed by atoms with Crippen LogP contribution in [0.2, 0.25) is 0 Å². The molecule has 1 aromatic rings. The van der Waals surface area contributed by atoms with Gasteiger partial charge >= 0.3 is 0 Å². The lowest BCUT2D eigenvalue weighted by Crippen LogP contribution is -2.27. The summed E-state index contributed by atoms with van der Waals surface area (Å²) in [6.45, 7) is 2.09. The Bertz CT molecular complexity index is 302. The van der Waals surface area contributed by atoms with Crippen LogP contribution in [0.4, 0.5) is 0 Å². The van der Waals surface area contributed by atoms with Crippen molar-refractivity contribution in [3.63, 3.8) is 0 Å². The van der Waals surface area contributed by atoms with Gasteiger partial charge in [-0.3, -0.25) is 0 Å². The van der Waals surface area contributed by atoms with E-state index in [-0.39, 0.29) is 0 Å². The first-order chi connectivity index (χ1) is 7.31.